The van der Waals surface area contributed by atoms with E-state index in [0.717, 1.165) is 17.8 Å². The summed E-state index contributed by atoms with van der Waals surface area (Å²) in [5.74, 6) is 0.556. The van der Waals surface area contributed by atoms with E-state index >= 15 is 0 Å². The maximum Gasteiger partial charge on any atom is 0.251 e. The van der Waals surface area contributed by atoms with Gasteiger partial charge in [0.2, 0.25) is 0 Å². The van der Waals surface area contributed by atoms with E-state index in [1.54, 1.807) is 25.3 Å². The molecule has 1 aromatic carbocycles. The Morgan fingerprint density at radius 3 is 2.90 bits per heavy atom. The summed E-state index contributed by atoms with van der Waals surface area (Å²) in [6, 6.07) is 7.10. The predicted molar refractivity (Wildman–Crippen MR) is 76.8 cm³/mol. The number of rotatable bonds is 5. The standard InChI is InChI=1S/C15H19N3O2/c1-4-18-10-13(11(2)17-18)9-16-15(19)12-6-5-7-14(8-12)20-3/h5-8,10H,4,9H2,1-3H3,(H,16,19). The minimum Gasteiger partial charge on any atom is -0.497 e. The molecule has 0 aliphatic carbocycles. The molecule has 106 valence electrons. The molecule has 0 bridgehead atoms. The summed E-state index contributed by atoms with van der Waals surface area (Å²) in [6.07, 6.45) is 1.96. The van der Waals surface area contributed by atoms with Crippen LogP contribution < -0.4 is 10.1 Å². The first-order chi connectivity index (χ1) is 9.63. The van der Waals surface area contributed by atoms with Gasteiger partial charge in [0.25, 0.3) is 5.91 Å². The van der Waals surface area contributed by atoms with Crippen molar-refractivity contribution >= 4 is 5.91 Å². The number of hydrogen-bond acceptors (Lipinski definition) is 3. The van der Waals surface area contributed by atoms with Crippen LogP contribution in [0.3, 0.4) is 0 Å². The average Bonchev–Trinajstić information content (AvgIpc) is 2.85. The van der Waals surface area contributed by atoms with Crippen molar-refractivity contribution in [3.63, 3.8) is 0 Å². The maximum absolute atomic E-state index is 12.1. The molecule has 1 aromatic heterocycles. The summed E-state index contributed by atoms with van der Waals surface area (Å²) < 4.78 is 6.97. The zero-order chi connectivity index (χ0) is 14.5. The van der Waals surface area contributed by atoms with Crippen molar-refractivity contribution in [2.75, 3.05) is 7.11 Å². The van der Waals surface area contributed by atoms with Gasteiger partial charge in [-0.1, -0.05) is 6.07 Å². The Morgan fingerprint density at radius 1 is 1.45 bits per heavy atom. The van der Waals surface area contributed by atoms with Gasteiger partial charge >= 0.3 is 0 Å². The number of amides is 1. The molecule has 1 N–H and O–H groups in total. The SMILES string of the molecule is CCn1cc(CNC(=O)c2cccc(OC)c2)c(C)n1. The molecule has 0 saturated heterocycles. The lowest BCUT2D eigenvalue weighted by molar-refractivity contribution is 0.0950. The van der Waals surface area contributed by atoms with Gasteiger partial charge in [0, 0.05) is 30.4 Å². The lowest BCUT2D eigenvalue weighted by Crippen LogP contribution is -2.22. The molecule has 0 unspecified atom stereocenters. The van der Waals surface area contributed by atoms with Crippen LogP contribution in [-0.2, 0) is 13.1 Å². The largest absolute Gasteiger partial charge is 0.497 e. The van der Waals surface area contributed by atoms with Gasteiger partial charge in [-0.2, -0.15) is 5.10 Å². The van der Waals surface area contributed by atoms with Crippen LogP contribution >= 0.6 is 0 Å². The minimum atomic E-state index is -0.118. The maximum atomic E-state index is 12.1. The Balaban J connectivity index is 2.02. The van der Waals surface area contributed by atoms with E-state index in [1.807, 2.05) is 30.8 Å². The molecule has 5 heteroatoms. The van der Waals surface area contributed by atoms with Crippen LogP contribution in [0.5, 0.6) is 5.75 Å². The second-order valence-corrected chi connectivity index (χ2v) is 4.51. The van der Waals surface area contributed by atoms with Crippen molar-refractivity contribution in [1.82, 2.24) is 15.1 Å². The van der Waals surface area contributed by atoms with Crippen LogP contribution in [-0.4, -0.2) is 22.8 Å². The van der Waals surface area contributed by atoms with Gasteiger partial charge in [-0.3, -0.25) is 9.48 Å². The van der Waals surface area contributed by atoms with E-state index < -0.39 is 0 Å². The summed E-state index contributed by atoms with van der Waals surface area (Å²) in [4.78, 5) is 12.1. The van der Waals surface area contributed by atoms with Gasteiger partial charge in [-0.25, -0.2) is 0 Å². The quantitative estimate of drug-likeness (QED) is 0.908. The number of benzene rings is 1. The third-order valence-electron chi connectivity index (χ3n) is 3.14. The van der Waals surface area contributed by atoms with E-state index in [2.05, 4.69) is 10.4 Å². The first kappa shape index (κ1) is 14.1. The van der Waals surface area contributed by atoms with Crippen molar-refractivity contribution in [3.8, 4) is 5.75 Å². The summed E-state index contributed by atoms with van der Waals surface area (Å²) in [7, 11) is 1.58. The molecule has 0 radical (unpaired) electrons. The number of nitrogens with zero attached hydrogens (tertiary/aromatic N) is 2. The van der Waals surface area contributed by atoms with Crippen molar-refractivity contribution in [2.45, 2.75) is 26.9 Å². The van der Waals surface area contributed by atoms with E-state index in [-0.39, 0.29) is 5.91 Å². The van der Waals surface area contributed by atoms with Gasteiger partial charge in [-0.15, -0.1) is 0 Å². The van der Waals surface area contributed by atoms with Crippen molar-refractivity contribution < 1.29 is 9.53 Å². The lowest BCUT2D eigenvalue weighted by atomic mass is 10.2. The molecule has 2 rings (SSSR count). The molecule has 0 spiro atoms. The van der Waals surface area contributed by atoms with Gasteiger partial charge in [0.05, 0.1) is 12.8 Å². The molecule has 0 saturated carbocycles. The Hall–Kier alpha value is -2.30. The molecule has 0 atom stereocenters. The number of ether oxygens (including phenoxy) is 1. The molecule has 5 nitrogen and oxygen atoms in total. The van der Waals surface area contributed by atoms with Gasteiger partial charge < -0.3 is 10.1 Å². The van der Waals surface area contributed by atoms with Crippen LogP contribution in [0.1, 0.15) is 28.5 Å². The predicted octanol–water partition coefficient (Wildman–Crippen LogP) is 2.15. The Morgan fingerprint density at radius 2 is 2.25 bits per heavy atom. The zero-order valence-corrected chi connectivity index (χ0v) is 12.0. The number of hydrogen-bond donors (Lipinski definition) is 1. The molecule has 0 aliphatic rings. The molecule has 2 aromatic rings. The fraction of sp³-hybridized carbons (Fsp3) is 0.333. The normalized spacial score (nSPS) is 10.3. The molecular formula is C15H19N3O2. The highest BCUT2D eigenvalue weighted by atomic mass is 16.5. The third-order valence-corrected chi connectivity index (χ3v) is 3.14. The number of methoxy groups -OCH3 is 1. The first-order valence-electron chi connectivity index (χ1n) is 6.59. The number of aryl methyl sites for hydroxylation is 2. The Bertz CT molecular complexity index is 605. The van der Waals surface area contributed by atoms with Crippen LogP contribution in [0.2, 0.25) is 0 Å². The molecule has 1 amide bonds. The van der Waals surface area contributed by atoms with E-state index in [4.69, 9.17) is 4.74 Å². The van der Waals surface area contributed by atoms with Crippen LogP contribution in [0.25, 0.3) is 0 Å². The molecule has 0 fully saturated rings. The fourth-order valence-electron chi connectivity index (χ4n) is 1.94. The summed E-state index contributed by atoms with van der Waals surface area (Å²) in [5.41, 5.74) is 2.56. The van der Waals surface area contributed by atoms with E-state index in [1.165, 1.54) is 0 Å². The molecule has 0 aliphatic heterocycles. The highest BCUT2D eigenvalue weighted by Gasteiger charge is 2.09. The summed E-state index contributed by atoms with van der Waals surface area (Å²) in [5, 5.41) is 7.25. The van der Waals surface area contributed by atoms with E-state index in [0.29, 0.717) is 17.9 Å². The Labute approximate surface area is 118 Å². The molecule has 20 heavy (non-hydrogen) atoms. The van der Waals surface area contributed by atoms with Gasteiger partial charge in [0.1, 0.15) is 5.75 Å². The second-order valence-electron chi connectivity index (χ2n) is 4.51. The third kappa shape index (κ3) is 3.17. The van der Waals surface area contributed by atoms with E-state index in [9.17, 15) is 4.79 Å². The second kappa shape index (κ2) is 6.23. The zero-order valence-electron chi connectivity index (χ0n) is 12.0. The lowest BCUT2D eigenvalue weighted by Gasteiger charge is -2.06. The van der Waals surface area contributed by atoms with Gasteiger partial charge in [0.15, 0.2) is 0 Å². The average molecular weight is 273 g/mol. The number of carbonyl (C=O) groups is 1. The van der Waals surface area contributed by atoms with Crippen LogP contribution in [0.4, 0.5) is 0 Å². The van der Waals surface area contributed by atoms with Crippen molar-refractivity contribution in [1.29, 1.82) is 0 Å². The highest BCUT2D eigenvalue weighted by molar-refractivity contribution is 5.94. The molecular weight excluding hydrogens is 254 g/mol. The Kier molecular flexibility index (Phi) is 4.40. The molecule has 1 heterocycles. The topological polar surface area (TPSA) is 56.2 Å². The summed E-state index contributed by atoms with van der Waals surface area (Å²) >= 11 is 0. The number of carbonyl (C=O) groups excluding carboxylic acids is 1. The number of aromatic nitrogens is 2. The monoisotopic (exact) mass is 273 g/mol. The highest BCUT2D eigenvalue weighted by Crippen LogP contribution is 2.13. The first-order valence-corrected chi connectivity index (χ1v) is 6.59. The fourth-order valence-corrected chi connectivity index (χ4v) is 1.94. The van der Waals surface area contributed by atoms with Crippen molar-refractivity contribution in [3.05, 3.63) is 47.3 Å². The van der Waals surface area contributed by atoms with Crippen LogP contribution in [0, 0.1) is 6.92 Å². The van der Waals surface area contributed by atoms with Crippen LogP contribution in [0.15, 0.2) is 30.5 Å². The smallest absolute Gasteiger partial charge is 0.251 e. The van der Waals surface area contributed by atoms with Gasteiger partial charge in [-0.05, 0) is 32.0 Å². The summed E-state index contributed by atoms with van der Waals surface area (Å²) in [6.45, 7) is 5.27. The number of nitrogens with one attached hydrogen (secondary N) is 1. The minimum absolute atomic E-state index is 0.118. The van der Waals surface area contributed by atoms with Crippen molar-refractivity contribution in [2.24, 2.45) is 0 Å².